The van der Waals surface area contributed by atoms with Crippen LogP contribution in [-0.4, -0.2) is 22.2 Å². The van der Waals surface area contributed by atoms with E-state index in [0.29, 0.717) is 10.6 Å². The summed E-state index contributed by atoms with van der Waals surface area (Å²) in [7, 11) is 0. The van der Waals surface area contributed by atoms with Crippen LogP contribution < -0.4 is 5.73 Å². The fourth-order valence-corrected chi connectivity index (χ4v) is 1.24. The third kappa shape index (κ3) is 2.61. The van der Waals surface area contributed by atoms with Gasteiger partial charge in [-0.1, -0.05) is 11.6 Å². The largest absolute Gasteiger partial charge is 0.508 e. The molecule has 1 aromatic carbocycles. The maximum Gasteiger partial charge on any atom is 0.320 e. The number of hydrogen-bond acceptors (Lipinski definition) is 3. The van der Waals surface area contributed by atoms with Gasteiger partial charge in [0.25, 0.3) is 0 Å². The average Bonchev–Trinajstić information content (AvgIpc) is 2.11. The number of carbonyl (C=O) groups is 1. The molecule has 0 amide bonds. The van der Waals surface area contributed by atoms with Gasteiger partial charge in [0.05, 0.1) is 0 Å². The first-order valence-corrected chi connectivity index (χ1v) is 4.34. The molecule has 0 heterocycles. The van der Waals surface area contributed by atoms with Crippen molar-refractivity contribution in [3.8, 4) is 5.75 Å². The van der Waals surface area contributed by atoms with E-state index in [-0.39, 0.29) is 12.2 Å². The second kappa shape index (κ2) is 4.30. The molecule has 0 unspecified atom stereocenters. The van der Waals surface area contributed by atoms with Crippen molar-refractivity contribution in [3.05, 3.63) is 28.8 Å². The van der Waals surface area contributed by atoms with Crippen LogP contribution in [0.3, 0.4) is 0 Å². The molecule has 0 aliphatic carbocycles. The lowest BCUT2D eigenvalue weighted by atomic mass is 10.1. The van der Waals surface area contributed by atoms with Gasteiger partial charge in [0.15, 0.2) is 0 Å². The highest BCUT2D eigenvalue weighted by Gasteiger charge is 2.14. The van der Waals surface area contributed by atoms with E-state index >= 15 is 0 Å². The number of rotatable bonds is 3. The number of phenols is 1. The number of aromatic hydroxyl groups is 1. The van der Waals surface area contributed by atoms with Crippen molar-refractivity contribution in [3.63, 3.8) is 0 Å². The Balaban J connectivity index is 2.85. The first kappa shape index (κ1) is 10.8. The van der Waals surface area contributed by atoms with Crippen LogP contribution >= 0.6 is 11.6 Å². The Labute approximate surface area is 85.9 Å². The quantitative estimate of drug-likeness (QED) is 0.703. The van der Waals surface area contributed by atoms with Crippen molar-refractivity contribution in [1.29, 1.82) is 0 Å². The van der Waals surface area contributed by atoms with Gasteiger partial charge in [-0.2, -0.15) is 0 Å². The molecule has 0 aromatic heterocycles. The van der Waals surface area contributed by atoms with Crippen molar-refractivity contribution < 1.29 is 15.0 Å². The lowest BCUT2D eigenvalue weighted by Gasteiger charge is -2.08. The number of carboxylic acids is 1. The summed E-state index contributed by atoms with van der Waals surface area (Å²) in [6.45, 7) is 0. The number of aliphatic carboxylic acids is 1. The van der Waals surface area contributed by atoms with Crippen LogP contribution in [0.15, 0.2) is 18.2 Å². The molecular weight excluding hydrogens is 206 g/mol. The molecule has 0 bridgehead atoms. The summed E-state index contributed by atoms with van der Waals surface area (Å²) in [4.78, 5) is 10.5. The van der Waals surface area contributed by atoms with Crippen LogP contribution in [0.4, 0.5) is 0 Å². The first-order chi connectivity index (χ1) is 6.50. The lowest BCUT2D eigenvalue weighted by Crippen LogP contribution is -2.32. The number of carboxylic acid groups (broad SMARTS) is 1. The first-order valence-electron chi connectivity index (χ1n) is 3.96. The molecule has 0 aliphatic heterocycles. The summed E-state index contributed by atoms with van der Waals surface area (Å²) in [5, 5.41) is 18.1. The summed E-state index contributed by atoms with van der Waals surface area (Å²) in [5.41, 5.74) is 5.86. The standard InChI is InChI=1S/C9H10ClNO3/c10-7-2-1-6(12)3-5(7)4-8(11)9(13)14/h1-3,8,12H,4,11H2,(H,13,14)/t8-/m1/s1. The van der Waals surface area contributed by atoms with E-state index in [1.807, 2.05) is 0 Å². The van der Waals surface area contributed by atoms with E-state index in [1.165, 1.54) is 18.2 Å². The van der Waals surface area contributed by atoms with Crippen molar-refractivity contribution >= 4 is 17.6 Å². The van der Waals surface area contributed by atoms with Gasteiger partial charge in [0, 0.05) is 5.02 Å². The minimum atomic E-state index is -1.09. The van der Waals surface area contributed by atoms with Gasteiger partial charge >= 0.3 is 5.97 Å². The van der Waals surface area contributed by atoms with Crippen molar-refractivity contribution in [2.45, 2.75) is 12.5 Å². The van der Waals surface area contributed by atoms with E-state index in [9.17, 15) is 4.79 Å². The minimum Gasteiger partial charge on any atom is -0.508 e. The molecule has 0 fully saturated rings. The Bertz CT molecular complexity index is 354. The number of phenolic OH excluding ortho intramolecular Hbond substituents is 1. The van der Waals surface area contributed by atoms with Gasteiger partial charge in [-0.15, -0.1) is 0 Å². The van der Waals surface area contributed by atoms with E-state index < -0.39 is 12.0 Å². The van der Waals surface area contributed by atoms with Gasteiger partial charge in [0.1, 0.15) is 11.8 Å². The zero-order valence-corrected chi connectivity index (χ0v) is 8.03. The third-order valence-electron chi connectivity index (χ3n) is 1.79. The smallest absolute Gasteiger partial charge is 0.320 e. The van der Waals surface area contributed by atoms with Crippen molar-refractivity contribution in [1.82, 2.24) is 0 Å². The average molecular weight is 216 g/mol. The highest BCUT2D eigenvalue weighted by atomic mass is 35.5. The third-order valence-corrected chi connectivity index (χ3v) is 2.16. The molecule has 5 heteroatoms. The monoisotopic (exact) mass is 215 g/mol. The van der Waals surface area contributed by atoms with Gasteiger partial charge < -0.3 is 15.9 Å². The molecule has 4 nitrogen and oxygen atoms in total. The fraction of sp³-hybridized carbons (Fsp3) is 0.222. The van der Waals surface area contributed by atoms with Crippen LogP contribution in [0, 0.1) is 0 Å². The zero-order valence-electron chi connectivity index (χ0n) is 7.27. The Kier molecular flexibility index (Phi) is 3.33. The maximum absolute atomic E-state index is 10.5. The van der Waals surface area contributed by atoms with Crippen LogP contribution in [0.2, 0.25) is 5.02 Å². The predicted octanol–water partition coefficient (Wildman–Crippen LogP) is 1.00. The van der Waals surface area contributed by atoms with Crippen LogP contribution in [-0.2, 0) is 11.2 Å². The SMILES string of the molecule is N[C@H](Cc1cc(O)ccc1Cl)C(=O)O. The van der Waals surface area contributed by atoms with Gasteiger partial charge in [-0.05, 0) is 30.2 Å². The number of benzene rings is 1. The number of nitrogens with two attached hydrogens (primary N) is 1. The molecule has 1 rings (SSSR count). The van der Waals surface area contributed by atoms with Gasteiger partial charge in [0.2, 0.25) is 0 Å². The summed E-state index contributed by atoms with van der Waals surface area (Å²) in [5.74, 6) is -1.05. The topological polar surface area (TPSA) is 83.5 Å². The molecule has 0 radical (unpaired) electrons. The normalized spacial score (nSPS) is 12.4. The Morgan fingerprint density at radius 1 is 1.57 bits per heavy atom. The molecular formula is C9H10ClNO3. The Morgan fingerprint density at radius 2 is 2.21 bits per heavy atom. The van der Waals surface area contributed by atoms with Gasteiger partial charge in [-0.25, -0.2) is 0 Å². The van der Waals surface area contributed by atoms with Crippen LogP contribution in [0.1, 0.15) is 5.56 Å². The molecule has 0 saturated carbocycles. The minimum absolute atomic E-state index is 0.0435. The summed E-state index contributed by atoms with van der Waals surface area (Å²) in [6, 6.07) is 3.33. The van der Waals surface area contributed by atoms with E-state index in [4.69, 9.17) is 27.5 Å². The number of halogens is 1. The van der Waals surface area contributed by atoms with Crippen molar-refractivity contribution in [2.75, 3.05) is 0 Å². The van der Waals surface area contributed by atoms with E-state index in [2.05, 4.69) is 0 Å². The fourth-order valence-electron chi connectivity index (χ4n) is 1.04. The molecule has 76 valence electrons. The molecule has 14 heavy (non-hydrogen) atoms. The maximum atomic E-state index is 10.5. The highest BCUT2D eigenvalue weighted by molar-refractivity contribution is 6.31. The summed E-state index contributed by atoms with van der Waals surface area (Å²) in [6.07, 6.45) is 0.0998. The Morgan fingerprint density at radius 3 is 2.79 bits per heavy atom. The van der Waals surface area contributed by atoms with Gasteiger partial charge in [-0.3, -0.25) is 4.79 Å². The molecule has 1 atom stereocenters. The second-order valence-electron chi connectivity index (χ2n) is 2.92. The molecule has 4 N–H and O–H groups in total. The van der Waals surface area contributed by atoms with Crippen molar-refractivity contribution in [2.24, 2.45) is 5.73 Å². The summed E-state index contributed by atoms with van der Waals surface area (Å²) < 4.78 is 0. The number of hydrogen-bond donors (Lipinski definition) is 3. The molecule has 0 saturated heterocycles. The zero-order chi connectivity index (χ0) is 10.7. The second-order valence-corrected chi connectivity index (χ2v) is 3.33. The van der Waals surface area contributed by atoms with Crippen LogP contribution in [0.25, 0.3) is 0 Å². The van der Waals surface area contributed by atoms with E-state index in [0.717, 1.165) is 0 Å². The van der Waals surface area contributed by atoms with E-state index in [1.54, 1.807) is 0 Å². The summed E-state index contributed by atoms with van der Waals surface area (Å²) >= 11 is 5.79. The molecule has 0 spiro atoms. The highest BCUT2D eigenvalue weighted by Crippen LogP contribution is 2.22. The molecule has 1 aromatic rings. The molecule has 0 aliphatic rings. The lowest BCUT2D eigenvalue weighted by molar-refractivity contribution is -0.138. The van der Waals surface area contributed by atoms with Crippen LogP contribution in [0.5, 0.6) is 5.75 Å². The Hall–Kier alpha value is -1.26. The predicted molar refractivity (Wildman–Crippen MR) is 52.4 cm³/mol.